The van der Waals surface area contributed by atoms with Crippen molar-refractivity contribution in [3.63, 3.8) is 0 Å². The van der Waals surface area contributed by atoms with Gasteiger partial charge in [-0.1, -0.05) is 24.3 Å². The molecular weight excluding hydrogens is 438 g/mol. The smallest absolute Gasteiger partial charge is 0.261 e. The van der Waals surface area contributed by atoms with Crippen molar-refractivity contribution in [2.45, 2.75) is 11.8 Å². The first kappa shape index (κ1) is 22.7. The van der Waals surface area contributed by atoms with E-state index >= 15 is 0 Å². The van der Waals surface area contributed by atoms with Crippen LogP contribution < -0.4 is 14.4 Å². The monoisotopic (exact) mass is 465 g/mol. The highest BCUT2D eigenvalue weighted by molar-refractivity contribution is 7.92. The van der Waals surface area contributed by atoms with Gasteiger partial charge in [0.25, 0.3) is 15.9 Å². The van der Waals surface area contributed by atoms with Gasteiger partial charge in [0.2, 0.25) is 0 Å². The molecule has 1 amide bonds. The van der Waals surface area contributed by atoms with Gasteiger partial charge in [0.1, 0.15) is 5.75 Å². The van der Waals surface area contributed by atoms with E-state index in [4.69, 9.17) is 4.74 Å². The molecule has 0 spiro atoms. The highest BCUT2D eigenvalue weighted by Gasteiger charge is 2.23. The molecule has 1 aliphatic heterocycles. The van der Waals surface area contributed by atoms with Crippen LogP contribution in [0.1, 0.15) is 17.3 Å². The molecule has 0 saturated carbocycles. The summed E-state index contributed by atoms with van der Waals surface area (Å²) in [6.07, 6.45) is 0. The van der Waals surface area contributed by atoms with Crippen molar-refractivity contribution >= 4 is 27.3 Å². The molecule has 0 unspecified atom stereocenters. The van der Waals surface area contributed by atoms with Crippen LogP contribution in [0.25, 0.3) is 0 Å². The topological polar surface area (TPSA) is 78.9 Å². The number of piperazine rings is 1. The SMILES string of the molecule is CCOc1ccc(S(=O)(=O)Nc2cccc(C(=O)N3CCN(c4ccccc4)CC3)c2)cc1. The van der Waals surface area contributed by atoms with Crippen LogP contribution in [0.4, 0.5) is 11.4 Å². The van der Waals surface area contributed by atoms with Crippen molar-refractivity contribution in [1.29, 1.82) is 0 Å². The van der Waals surface area contributed by atoms with Crippen molar-refractivity contribution < 1.29 is 17.9 Å². The summed E-state index contributed by atoms with van der Waals surface area (Å²) in [4.78, 5) is 17.2. The number of carbonyl (C=O) groups is 1. The highest BCUT2D eigenvalue weighted by atomic mass is 32.2. The van der Waals surface area contributed by atoms with Gasteiger partial charge in [-0.15, -0.1) is 0 Å². The number of ether oxygens (including phenoxy) is 1. The number of nitrogens with one attached hydrogen (secondary N) is 1. The number of hydrogen-bond donors (Lipinski definition) is 1. The van der Waals surface area contributed by atoms with Gasteiger partial charge in [-0.25, -0.2) is 8.42 Å². The number of rotatable bonds is 7. The van der Waals surface area contributed by atoms with Crippen LogP contribution in [0.5, 0.6) is 5.75 Å². The molecule has 33 heavy (non-hydrogen) atoms. The minimum atomic E-state index is -3.79. The molecule has 0 bridgehead atoms. The summed E-state index contributed by atoms with van der Waals surface area (Å²) in [6.45, 7) is 5.08. The number of anilines is 2. The second kappa shape index (κ2) is 9.95. The van der Waals surface area contributed by atoms with E-state index in [-0.39, 0.29) is 10.8 Å². The third-order valence-corrected chi connectivity index (χ3v) is 6.89. The van der Waals surface area contributed by atoms with Crippen molar-refractivity contribution in [1.82, 2.24) is 4.90 Å². The predicted octanol–water partition coefficient (Wildman–Crippen LogP) is 3.85. The van der Waals surface area contributed by atoms with Crippen molar-refractivity contribution in [3.05, 3.63) is 84.4 Å². The van der Waals surface area contributed by atoms with E-state index in [9.17, 15) is 13.2 Å². The standard InChI is InChI=1S/C25H27N3O4S/c1-2-32-23-11-13-24(14-12-23)33(30,31)26-21-8-6-7-20(19-21)25(29)28-17-15-27(16-18-28)22-9-4-3-5-10-22/h3-14,19,26H,2,15-18H2,1H3. The zero-order valence-corrected chi connectivity index (χ0v) is 19.3. The van der Waals surface area contributed by atoms with Crippen LogP contribution in [0, 0.1) is 0 Å². The van der Waals surface area contributed by atoms with Crippen LogP contribution in [-0.2, 0) is 10.0 Å². The molecule has 8 heteroatoms. The fourth-order valence-corrected chi connectivity index (χ4v) is 4.85. The van der Waals surface area contributed by atoms with E-state index in [1.807, 2.05) is 25.1 Å². The quantitative estimate of drug-likeness (QED) is 0.574. The summed E-state index contributed by atoms with van der Waals surface area (Å²) in [5, 5.41) is 0. The molecule has 3 aromatic rings. The molecule has 3 aromatic carbocycles. The van der Waals surface area contributed by atoms with Gasteiger partial charge in [0.15, 0.2) is 0 Å². The van der Waals surface area contributed by atoms with E-state index < -0.39 is 10.0 Å². The number of sulfonamides is 1. The summed E-state index contributed by atoms with van der Waals surface area (Å²) in [6, 6.07) is 23.0. The Hall–Kier alpha value is -3.52. The maximum Gasteiger partial charge on any atom is 0.261 e. The lowest BCUT2D eigenvalue weighted by Gasteiger charge is -2.36. The minimum absolute atomic E-state index is 0.107. The number of amides is 1. The Labute approximate surface area is 194 Å². The molecule has 0 aromatic heterocycles. The fourth-order valence-electron chi connectivity index (χ4n) is 3.80. The Morgan fingerprint density at radius 2 is 1.61 bits per heavy atom. The molecule has 1 fully saturated rings. The Balaban J connectivity index is 1.41. The molecule has 1 aliphatic rings. The molecule has 1 N–H and O–H groups in total. The third kappa shape index (κ3) is 5.46. The largest absolute Gasteiger partial charge is 0.494 e. The number of carbonyl (C=O) groups excluding carboxylic acids is 1. The van der Waals surface area contributed by atoms with Crippen LogP contribution in [0.3, 0.4) is 0 Å². The first-order valence-electron chi connectivity index (χ1n) is 10.9. The average molecular weight is 466 g/mol. The predicted molar refractivity (Wildman–Crippen MR) is 129 cm³/mol. The molecule has 1 heterocycles. The summed E-state index contributed by atoms with van der Waals surface area (Å²) in [7, 11) is -3.79. The van der Waals surface area contributed by atoms with E-state index in [0.29, 0.717) is 36.7 Å². The first-order valence-corrected chi connectivity index (χ1v) is 12.4. The number of nitrogens with zero attached hydrogens (tertiary/aromatic N) is 2. The summed E-state index contributed by atoms with van der Waals surface area (Å²) in [5.74, 6) is 0.501. The zero-order valence-electron chi connectivity index (χ0n) is 18.5. The molecule has 0 atom stereocenters. The zero-order chi connectivity index (χ0) is 23.3. The van der Waals surface area contributed by atoms with Gasteiger partial charge in [0.05, 0.1) is 11.5 Å². The molecular formula is C25H27N3O4S. The van der Waals surface area contributed by atoms with Gasteiger partial charge >= 0.3 is 0 Å². The Bertz CT molecular complexity index is 1190. The second-order valence-corrected chi connectivity index (χ2v) is 9.39. The molecule has 1 saturated heterocycles. The lowest BCUT2D eigenvalue weighted by molar-refractivity contribution is 0.0747. The molecule has 7 nitrogen and oxygen atoms in total. The van der Waals surface area contributed by atoms with Crippen LogP contribution in [-0.4, -0.2) is 52.0 Å². The average Bonchev–Trinajstić information content (AvgIpc) is 2.85. The van der Waals surface area contributed by atoms with Gasteiger partial charge in [-0.05, 0) is 61.5 Å². The van der Waals surface area contributed by atoms with E-state index in [0.717, 1.165) is 18.8 Å². The van der Waals surface area contributed by atoms with Crippen LogP contribution in [0.15, 0.2) is 83.8 Å². The van der Waals surface area contributed by atoms with Crippen LogP contribution in [0.2, 0.25) is 0 Å². The highest BCUT2D eigenvalue weighted by Crippen LogP contribution is 2.22. The van der Waals surface area contributed by atoms with Crippen molar-refractivity contribution in [2.75, 3.05) is 42.4 Å². The van der Waals surface area contributed by atoms with Gasteiger partial charge in [-0.3, -0.25) is 9.52 Å². The van der Waals surface area contributed by atoms with E-state index in [1.165, 1.54) is 12.1 Å². The van der Waals surface area contributed by atoms with Gasteiger partial charge in [0, 0.05) is 43.1 Å². The van der Waals surface area contributed by atoms with Crippen LogP contribution >= 0.6 is 0 Å². The van der Waals surface area contributed by atoms with E-state index in [1.54, 1.807) is 41.3 Å². The molecule has 172 valence electrons. The van der Waals surface area contributed by atoms with Crippen molar-refractivity contribution in [2.24, 2.45) is 0 Å². The Kier molecular flexibility index (Phi) is 6.84. The molecule has 0 aliphatic carbocycles. The molecule has 0 radical (unpaired) electrons. The lowest BCUT2D eigenvalue weighted by atomic mass is 10.1. The lowest BCUT2D eigenvalue weighted by Crippen LogP contribution is -2.48. The maximum absolute atomic E-state index is 13.0. The minimum Gasteiger partial charge on any atom is -0.494 e. The molecule has 4 rings (SSSR count). The third-order valence-electron chi connectivity index (χ3n) is 5.49. The van der Waals surface area contributed by atoms with Gasteiger partial charge < -0.3 is 14.5 Å². The Morgan fingerprint density at radius 1 is 0.909 bits per heavy atom. The van der Waals surface area contributed by atoms with Gasteiger partial charge in [-0.2, -0.15) is 0 Å². The van der Waals surface area contributed by atoms with E-state index in [2.05, 4.69) is 21.8 Å². The fraction of sp³-hybridized carbons (Fsp3) is 0.240. The Morgan fingerprint density at radius 3 is 2.27 bits per heavy atom. The number of hydrogen-bond acceptors (Lipinski definition) is 5. The normalized spacial score (nSPS) is 14.1. The maximum atomic E-state index is 13.0. The number of para-hydroxylation sites is 1. The second-order valence-electron chi connectivity index (χ2n) is 7.71. The number of benzene rings is 3. The summed E-state index contributed by atoms with van der Waals surface area (Å²) in [5.41, 5.74) is 1.95. The summed E-state index contributed by atoms with van der Waals surface area (Å²) < 4.78 is 33.5. The first-order chi connectivity index (χ1) is 16.0. The van der Waals surface area contributed by atoms with Crippen molar-refractivity contribution in [3.8, 4) is 5.75 Å². The summed E-state index contributed by atoms with van der Waals surface area (Å²) >= 11 is 0.